The number of hydrogen-bond acceptors (Lipinski definition) is 7. The molecule has 17 heteroatoms. The van der Waals surface area contributed by atoms with Crippen LogP contribution in [-0.2, 0) is 0 Å². The van der Waals surface area contributed by atoms with Crippen molar-refractivity contribution in [1.82, 2.24) is 10.6 Å². The molecule has 0 aliphatic rings. The molecule has 0 heterocycles. The highest BCUT2D eigenvalue weighted by Gasteiger charge is 2.27. The monoisotopic (exact) mass is 1200 g/mol. The van der Waals surface area contributed by atoms with Crippen molar-refractivity contribution >= 4 is 176 Å². The summed E-state index contributed by atoms with van der Waals surface area (Å²) in [5, 5.41) is 29.6. The summed E-state index contributed by atoms with van der Waals surface area (Å²) >= 11 is 11.9. The van der Waals surface area contributed by atoms with E-state index >= 15 is 0 Å². The Labute approximate surface area is 300 Å². The van der Waals surface area contributed by atoms with Gasteiger partial charge in [-0.2, -0.15) is 0 Å². The highest BCUT2D eigenvalue weighted by Crippen LogP contribution is 2.39. The van der Waals surface area contributed by atoms with E-state index in [1.807, 2.05) is 136 Å². The lowest BCUT2D eigenvalue weighted by atomic mass is 10.1. The second kappa shape index (κ2) is 15.1. The van der Waals surface area contributed by atoms with E-state index in [9.17, 15) is 24.6 Å². The Morgan fingerprint density at radius 2 is 0.974 bits per heavy atom. The summed E-state index contributed by atoms with van der Waals surface area (Å²) in [7, 11) is 0. The summed E-state index contributed by atoms with van der Waals surface area (Å²) < 4.78 is 3.06. The first-order valence-electron chi connectivity index (χ1n) is 10.5. The molecule has 0 aromatic heterocycles. The van der Waals surface area contributed by atoms with Gasteiger partial charge in [0.1, 0.15) is 0 Å². The third kappa shape index (κ3) is 7.88. The fourth-order valence-corrected chi connectivity index (χ4v) is 10.8. The van der Waals surface area contributed by atoms with E-state index in [4.69, 9.17) is 11.5 Å². The van der Waals surface area contributed by atoms with Crippen molar-refractivity contribution in [3.8, 4) is 0 Å². The molecule has 11 nitrogen and oxygen atoms in total. The van der Waals surface area contributed by atoms with E-state index in [0.717, 1.165) is 0 Å². The van der Waals surface area contributed by atoms with Crippen molar-refractivity contribution in [3.63, 3.8) is 0 Å². The number of anilines is 4. The summed E-state index contributed by atoms with van der Waals surface area (Å²) in [5.74, 6) is -0.872. The Hall–Kier alpha value is 0.550. The lowest BCUT2D eigenvalue weighted by molar-refractivity contribution is 0.0913. The van der Waals surface area contributed by atoms with Gasteiger partial charge in [-0.1, -0.05) is 0 Å². The van der Waals surface area contributed by atoms with Crippen LogP contribution in [0, 0.1) is 21.4 Å². The zero-order valence-electron chi connectivity index (χ0n) is 19.6. The van der Waals surface area contributed by atoms with Crippen molar-refractivity contribution in [2.24, 2.45) is 0 Å². The van der Waals surface area contributed by atoms with Crippen molar-refractivity contribution < 1.29 is 24.6 Å². The summed E-state index contributed by atoms with van der Waals surface area (Å²) in [5.41, 5.74) is 14.4. The summed E-state index contributed by atoms with van der Waals surface area (Å²) in [6.07, 6.45) is 0. The van der Waals surface area contributed by atoms with Crippen LogP contribution >= 0.6 is 136 Å². The Bertz CT molecular complexity index is 1200. The van der Waals surface area contributed by atoms with Gasteiger partial charge in [-0.15, -0.1) is 0 Å². The van der Waals surface area contributed by atoms with Gasteiger partial charge in [0.2, 0.25) is 0 Å². The topological polar surface area (TPSA) is 192 Å². The molecule has 0 saturated heterocycles. The highest BCUT2D eigenvalue weighted by molar-refractivity contribution is 14.1. The number of nitrogens with two attached hydrogens (primary N) is 2. The van der Waals surface area contributed by atoms with Gasteiger partial charge in [0.15, 0.2) is 0 Å². The fraction of sp³-hybridized carbons (Fsp3) is 0.286. The average Bonchev–Trinajstić information content (AvgIpc) is 2.86. The number of amides is 4. The highest BCUT2D eigenvalue weighted by atomic mass is 127. The number of nitrogen functional groups attached to an aromatic ring is 2. The van der Waals surface area contributed by atoms with E-state index in [-0.39, 0.29) is 24.3 Å². The molecular formula is C21H22I6N6O5. The Morgan fingerprint density at radius 1 is 0.658 bits per heavy atom. The van der Waals surface area contributed by atoms with Gasteiger partial charge in [0.05, 0.1) is 68.5 Å². The minimum absolute atomic E-state index is 0.235. The lowest BCUT2D eigenvalue weighted by Crippen LogP contribution is -2.36. The maximum atomic E-state index is 13.2. The predicted molar refractivity (Wildman–Crippen MR) is 199 cm³/mol. The van der Waals surface area contributed by atoms with Crippen molar-refractivity contribution in [3.05, 3.63) is 32.5 Å². The molecule has 4 amide bonds. The SMILES string of the molecule is CC(CO)NC(=O)c1c(I)c(N)c(I)c(NC(=O)Nc2c(I)c(N)c(I)c(C(=O)NC(C)CO)c2I)c1I. The van der Waals surface area contributed by atoms with Crippen LogP contribution in [-0.4, -0.2) is 53.4 Å². The molecule has 0 saturated carbocycles. The average molecular weight is 1200 g/mol. The quantitative estimate of drug-likeness (QED) is 0.143. The van der Waals surface area contributed by atoms with E-state index in [0.29, 0.717) is 44.2 Å². The van der Waals surface area contributed by atoms with Crippen molar-refractivity contribution in [2.45, 2.75) is 25.9 Å². The number of aliphatic hydroxyl groups excluding tert-OH is 2. The van der Waals surface area contributed by atoms with Gasteiger partial charge in [0.25, 0.3) is 11.8 Å². The molecule has 38 heavy (non-hydrogen) atoms. The van der Waals surface area contributed by atoms with Crippen LogP contribution in [0.2, 0.25) is 0 Å². The molecule has 0 aliphatic carbocycles. The lowest BCUT2D eigenvalue weighted by Gasteiger charge is -2.21. The molecule has 2 rings (SSSR count). The van der Waals surface area contributed by atoms with Crippen LogP contribution in [0.25, 0.3) is 0 Å². The number of carbonyl (C=O) groups excluding carboxylic acids is 3. The molecule has 0 bridgehead atoms. The summed E-state index contributed by atoms with van der Waals surface area (Å²) in [6, 6.07) is -1.59. The van der Waals surface area contributed by atoms with Crippen LogP contribution in [0.1, 0.15) is 34.6 Å². The summed E-state index contributed by atoms with van der Waals surface area (Å²) in [6.45, 7) is 2.85. The fourth-order valence-electron chi connectivity index (χ4n) is 2.93. The number of nitrogens with one attached hydrogen (secondary N) is 4. The van der Waals surface area contributed by atoms with Gasteiger partial charge in [-0.05, 0) is 149 Å². The van der Waals surface area contributed by atoms with Crippen LogP contribution in [0.5, 0.6) is 0 Å². The van der Waals surface area contributed by atoms with E-state index in [1.54, 1.807) is 13.8 Å². The third-order valence-electron chi connectivity index (χ3n) is 4.94. The molecule has 0 aliphatic heterocycles. The molecule has 0 spiro atoms. The van der Waals surface area contributed by atoms with Crippen LogP contribution in [0.4, 0.5) is 27.5 Å². The number of rotatable bonds is 8. The molecule has 2 aromatic carbocycles. The van der Waals surface area contributed by atoms with Gasteiger partial charge in [-0.25, -0.2) is 4.79 Å². The molecule has 10 N–H and O–H groups in total. The van der Waals surface area contributed by atoms with E-state index in [1.165, 1.54) is 0 Å². The first-order valence-corrected chi connectivity index (χ1v) is 17.0. The van der Waals surface area contributed by atoms with Crippen molar-refractivity contribution in [2.75, 3.05) is 35.3 Å². The summed E-state index contributed by atoms with van der Waals surface area (Å²) in [4.78, 5) is 39.0. The third-order valence-corrected chi connectivity index (χ3v) is 11.6. The first kappa shape index (κ1) is 34.7. The molecule has 2 aromatic rings. The van der Waals surface area contributed by atoms with Crippen LogP contribution in [0.3, 0.4) is 0 Å². The van der Waals surface area contributed by atoms with Gasteiger partial charge in [0, 0.05) is 12.1 Å². The zero-order valence-corrected chi connectivity index (χ0v) is 32.6. The van der Waals surface area contributed by atoms with Crippen LogP contribution in [0.15, 0.2) is 0 Å². The van der Waals surface area contributed by atoms with Gasteiger partial charge >= 0.3 is 6.03 Å². The molecule has 208 valence electrons. The second-order valence-corrected chi connectivity index (χ2v) is 14.4. The Morgan fingerprint density at radius 3 is 1.26 bits per heavy atom. The number of urea groups is 1. The maximum absolute atomic E-state index is 13.2. The maximum Gasteiger partial charge on any atom is 0.323 e. The predicted octanol–water partition coefficient (Wildman–Crippen LogP) is 4.34. The zero-order chi connectivity index (χ0) is 29.1. The van der Waals surface area contributed by atoms with Crippen LogP contribution < -0.4 is 32.7 Å². The minimum atomic E-state index is -0.636. The largest absolute Gasteiger partial charge is 0.397 e. The second-order valence-electron chi connectivity index (χ2n) is 7.90. The Kier molecular flexibility index (Phi) is 13.9. The molecule has 2 atom stereocenters. The number of benzene rings is 2. The Balaban J connectivity index is 2.50. The normalized spacial score (nSPS) is 12.5. The minimum Gasteiger partial charge on any atom is -0.397 e. The van der Waals surface area contributed by atoms with Gasteiger partial charge in [-0.3, -0.25) is 9.59 Å². The molecule has 0 radical (unpaired) electrons. The van der Waals surface area contributed by atoms with E-state index in [2.05, 4.69) is 21.3 Å². The molecule has 2 unspecified atom stereocenters. The van der Waals surface area contributed by atoms with Crippen molar-refractivity contribution in [1.29, 1.82) is 0 Å². The smallest absolute Gasteiger partial charge is 0.323 e. The number of aliphatic hydroxyl groups is 2. The van der Waals surface area contributed by atoms with Gasteiger partial charge < -0.3 is 42.9 Å². The number of carbonyl (C=O) groups is 3. The molecule has 0 fully saturated rings. The van der Waals surface area contributed by atoms with E-state index < -0.39 is 29.9 Å². The number of halogens is 6. The first-order chi connectivity index (χ1) is 17.7. The standard InChI is InChI=1S/C21H22I6N6O5/c1-5(3-34)30-19(36)7-9(22)15(28)13(26)17(11(7)24)32-21(38)33-18-12(25)8(10(23)16(29)14(18)27)20(37)31-6(2)4-35/h5-6,34-35H,3-4,28-29H2,1-2H3,(H,30,36)(H,31,37)(H2,32,33,38). The number of hydrogen-bond donors (Lipinski definition) is 8. The molecular weight excluding hydrogens is 1180 g/mol.